The molecule has 12 aromatic rings. The van der Waals surface area contributed by atoms with Crippen molar-refractivity contribution in [3.8, 4) is 23.0 Å². The van der Waals surface area contributed by atoms with E-state index in [-0.39, 0.29) is 36.0 Å². The van der Waals surface area contributed by atoms with Gasteiger partial charge in [0, 0.05) is 12.3 Å². The highest BCUT2D eigenvalue weighted by atomic mass is 16.6. The maximum absolute atomic E-state index is 12.3. The number of hydrogen-bond donors (Lipinski definition) is 5. The fraction of sp³-hybridized carbons (Fsp3) is 0.404. The van der Waals surface area contributed by atoms with E-state index < -0.39 is 50.7 Å². The maximum Gasteiger partial charge on any atom is 0.316 e. The molecular formula is C109H136O15. The van der Waals surface area contributed by atoms with Crippen LogP contribution in [-0.2, 0) is 45.5 Å². The average Bonchev–Trinajstić information content (AvgIpc) is 0.795. The SMILES string of the molecule is CCC(C)(C)C(=O)Oc1ccc(C(C)(C)O)c2ccccc12.CCC(C)(C)C(=O)Oc1ccc2cc(C(C)(C)O)ccc2c1.CCC(C)(C)C(=O)Oc1ccc2cc(C(C)O)ccc2c1.CCC(C)(C)C(=O)Oc1ccc2cc(C(C)OC(C)=O)ccc2c1.CCC(C)c1ccc2cc(C(C)(C)O)ccc2c1.CCC(C)c1ccc2cc(C(C)O)ccc2c1. The highest BCUT2D eigenvalue weighted by molar-refractivity contribution is 5.95. The van der Waals surface area contributed by atoms with E-state index in [1.807, 2.05) is 237 Å². The molecule has 5 atom stereocenters. The highest BCUT2D eigenvalue weighted by Crippen LogP contribution is 2.39. The lowest BCUT2D eigenvalue weighted by Crippen LogP contribution is -2.28. The first-order valence-electron chi connectivity index (χ1n) is 43.7. The van der Waals surface area contributed by atoms with E-state index in [0.717, 1.165) is 109 Å². The molecule has 0 aromatic heterocycles. The van der Waals surface area contributed by atoms with Crippen LogP contribution in [0.25, 0.3) is 64.6 Å². The molecule has 124 heavy (non-hydrogen) atoms. The molecule has 12 aromatic carbocycles. The Balaban J connectivity index is 0.000000205. The number of rotatable bonds is 23. The number of ether oxygens (including phenoxy) is 5. The number of benzene rings is 12. The Morgan fingerprint density at radius 1 is 0.306 bits per heavy atom. The fourth-order valence-electron chi connectivity index (χ4n) is 12.8. The van der Waals surface area contributed by atoms with Gasteiger partial charge in [0.25, 0.3) is 0 Å². The molecule has 0 amide bonds. The summed E-state index contributed by atoms with van der Waals surface area (Å²) in [4.78, 5) is 59.8. The van der Waals surface area contributed by atoms with Crippen molar-refractivity contribution in [2.24, 2.45) is 21.7 Å². The lowest BCUT2D eigenvalue weighted by Gasteiger charge is -2.23. The van der Waals surface area contributed by atoms with E-state index in [1.165, 1.54) is 39.6 Å². The average molecular weight is 1690 g/mol. The predicted octanol–water partition coefficient (Wildman–Crippen LogP) is 26.8. The lowest BCUT2D eigenvalue weighted by molar-refractivity contribution is -0.146. The number of carbonyl (C=O) groups is 5. The fourth-order valence-corrected chi connectivity index (χ4v) is 12.8. The van der Waals surface area contributed by atoms with Gasteiger partial charge in [0.05, 0.1) is 50.7 Å². The summed E-state index contributed by atoms with van der Waals surface area (Å²) in [6.45, 7) is 49.3. The Morgan fingerprint density at radius 2 is 0.581 bits per heavy atom. The number of carbonyl (C=O) groups excluding carboxylic acids is 5. The number of aliphatic hydroxyl groups is 5. The Hall–Kier alpha value is -10.7. The summed E-state index contributed by atoms with van der Waals surface area (Å²) in [7, 11) is 0. The molecule has 0 radical (unpaired) electrons. The van der Waals surface area contributed by atoms with Gasteiger partial charge in [0.15, 0.2) is 0 Å². The topological polar surface area (TPSA) is 233 Å². The number of fused-ring (bicyclic) bond motifs is 6. The van der Waals surface area contributed by atoms with Crippen molar-refractivity contribution in [3.63, 3.8) is 0 Å². The van der Waals surface area contributed by atoms with Crippen molar-refractivity contribution in [1.29, 1.82) is 0 Å². The Bertz CT molecular complexity index is 5660. The zero-order valence-electron chi connectivity index (χ0n) is 78.2. The first-order chi connectivity index (χ1) is 57.9. The second kappa shape index (κ2) is 42.8. The van der Waals surface area contributed by atoms with E-state index in [0.29, 0.717) is 41.3 Å². The van der Waals surface area contributed by atoms with Gasteiger partial charge in [-0.25, -0.2) is 0 Å². The quantitative estimate of drug-likeness (QED) is 0.0296. The molecule has 12 rings (SSSR count). The van der Waals surface area contributed by atoms with Gasteiger partial charge in [0.2, 0.25) is 0 Å². The summed E-state index contributed by atoms with van der Waals surface area (Å²) in [6.07, 6.45) is 4.04. The van der Waals surface area contributed by atoms with Crippen LogP contribution in [0.15, 0.2) is 218 Å². The van der Waals surface area contributed by atoms with E-state index >= 15 is 0 Å². The molecular weight excluding hydrogens is 1550 g/mol. The molecule has 0 saturated heterocycles. The van der Waals surface area contributed by atoms with Crippen molar-refractivity contribution < 1.29 is 73.2 Å². The molecule has 0 heterocycles. The van der Waals surface area contributed by atoms with Crippen molar-refractivity contribution >= 4 is 94.5 Å². The van der Waals surface area contributed by atoms with Gasteiger partial charge in [-0.1, -0.05) is 201 Å². The predicted molar refractivity (Wildman–Crippen MR) is 507 cm³/mol. The van der Waals surface area contributed by atoms with Gasteiger partial charge in [-0.3, -0.25) is 24.0 Å². The van der Waals surface area contributed by atoms with E-state index in [4.69, 9.17) is 23.7 Å². The summed E-state index contributed by atoms with van der Waals surface area (Å²) in [6, 6.07) is 70.9. The summed E-state index contributed by atoms with van der Waals surface area (Å²) in [5.41, 5.74) is 3.62. The molecule has 15 heteroatoms. The molecule has 5 unspecified atom stereocenters. The van der Waals surface area contributed by atoms with Gasteiger partial charge in [-0.15, -0.1) is 0 Å². The summed E-state index contributed by atoms with van der Waals surface area (Å²) >= 11 is 0. The highest BCUT2D eigenvalue weighted by Gasteiger charge is 2.32. The van der Waals surface area contributed by atoms with Crippen LogP contribution >= 0.6 is 0 Å². The monoisotopic (exact) mass is 1680 g/mol. The maximum atomic E-state index is 12.3. The third kappa shape index (κ3) is 27.7. The summed E-state index contributed by atoms with van der Waals surface area (Å²) in [5.74, 6) is 2.18. The normalized spacial score (nSPS) is 13.2. The minimum Gasteiger partial charge on any atom is -0.458 e. The van der Waals surface area contributed by atoms with Crippen LogP contribution in [0, 0.1) is 21.7 Å². The van der Waals surface area contributed by atoms with Crippen LogP contribution in [-0.4, -0.2) is 55.4 Å². The standard InChI is InChI=1S/C20H24O4.2C19H24O3.C18H22O3.C17H22O.C16H20O/c1-6-20(4,5)19(22)24-18-10-9-16-11-15(7-8-17(16)12-18)13(2)23-14(3)21;1-6-18(2,3)17(20)22-16-10-8-13-11-15(19(4,5)21)9-7-14(13)12-16;1-6-18(2,3)17(20)22-16-12-11-15(19(4,5)21)13-9-7-8-10-14(13)16;1-5-18(3,4)17(20)21-16-9-8-14-10-13(12(2)19)6-7-15(14)11-16;1-5-12(2)13-6-7-15-11-16(17(3,4)18)9-8-14(15)10-13;1-4-11(2)13-5-7-16-10-14(12(3)17)6-8-15(16)9-13/h7-13H,6H2,1-5H3;2*7-12,21H,6H2,1-5H3;6-12,19H,5H2,1-4H3;6-12,18H,5H2,1-4H3;5-12,17H,4H2,1-3H3. The molecule has 0 fully saturated rings. The van der Waals surface area contributed by atoms with Crippen LogP contribution in [0.2, 0.25) is 0 Å². The second-order valence-corrected chi connectivity index (χ2v) is 37.0. The molecule has 0 bridgehead atoms. The number of esters is 5. The molecule has 0 aliphatic rings. The van der Waals surface area contributed by atoms with Gasteiger partial charge in [0.1, 0.15) is 29.1 Å². The van der Waals surface area contributed by atoms with Gasteiger partial charge >= 0.3 is 29.8 Å². The van der Waals surface area contributed by atoms with Crippen LogP contribution < -0.4 is 18.9 Å². The van der Waals surface area contributed by atoms with Crippen molar-refractivity contribution in [1.82, 2.24) is 0 Å². The minimum absolute atomic E-state index is 0.218. The van der Waals surface area contributed by atoms with Gasteiger partial charge in [-0.2, -0.15) is 0 Å². The van der Waals surface area contributed by atoms with E-state index in [9.17, 15) is 49.5 Å². The largest absolute Gasteiger partial charge is 0.458 e. The number of hydrogen-bond acceptors (Lipinski definition) is 15. The molecule has 0 aliphatic heterocycles. The second-order valence-electron chi connectivity index (χ2n) is 37.0. The van der Waals surface area contributed by atoms with Crippen LogP contribution in [0.5, 0.6) is 23.0 Å². The Morgan fingerprint density at radius 3 is 0.887 bits per heavy atom. The first kappa shape index (κ1) is 100. The van der Waals surface area contributed by atoms with Crippen molar-refractivity contribution in [2.45, 2.75) is 265 Å². The molecule has 15 nitrogen and oxygen atoms in total. The van der Waals surface area contributed by atoms with Gasteiger partial charge in [-0.05, 0) is 345 Å². The van der Waals surface area contributed by atoms with E-state index in [1.54, 1.807) is 65.8 Å². The summed E-state index contributed by atoms with van der Waals surface area (Å²) < 4.78 is 27.3. The third-order valence-corrected chi connectivity index (χ3v) is 23.9. The zero-order valence-corrected chi connectivity index (χ0v) is 78.2. The summed E-state index contributed by atoms with van der Waals surface area (Å²) in [5, 5.41) is 62.2. The number of aliphatic hydroxyl groups excluding tert-OH is 2. The van der Waals surface area contributed by atoms with Gasteiger partial charge < -0.3 is 49.2 Å². The van der Waals surface area contributed by atoms with E-state index in [2.05, 4.69) is 88.4 Å². The lowest BCUT2D eigenvalue weighted by atomic mass is 9.90. The Labute approximate surface area is 736 Å². The van der Waals surface area contributed by atoms with Crippen LogP contribution in [0.1, 0.15) is 293 Å². The first-order valence-corrected chi connectivity index (χ1v) is 43.7. The molecule has 0 aliphatic carbocycles. The molecule has 5 N–H and O–H groups in total. The third-order valence-electron chi connectivity index (χ3n) is 23.9. The van der Waals surface area contributed by atoms with Crippen molar-refractivity contribution in [3.05, 3.63) is 263 Å². The molecule has 0 saturated carbocycles. The smallest absolute Gasteiger partial charge is 0.316 e. The minimum atomic E-state index is -0.954. The molecule has 0 spiro atoms. The zero-order chi connectivity index (χ0) is 92.4. The van der Waals surface area contributed by atoms with Crippen LogP contribution in [0.4, 0.5) is 0 Å². The Kier molecular flexibility index (Phi) is 34.7. The van der Waals surface area contributed by atoms with Crippen LogP contribution in [0.3, 0.4) is 0 Å². The van der Waals surface area contributed by atoms with Crippen molar-refractivity contribution in [2.75, 3.05) is 0 Å². The molecule has 662 valence electrons.